The molecule has 1 spiro atoms. The largest absolute Gasteiger partial charge is 0.299 e. The molecule has 2 bridgehead atoms. The van der Waals surface area contributed by atoms with E-state index in [9.17, 15) is 9.59 Å². The first kappa shape index (κ1) is 23.0. The minimum absolute atomic E-state index is 0.0460. The van der Waals surface area contributed by atoms with Gasteiger partial charge < -0.3 is 0 Å². The number of aldehydes is 1. The number of hydrogen-bond acceptors (Lipinski definition) is 2. The van der Waals surface area contributed by atoms with E-state index in [0.29, 0.717) is 5.78 Å². The van der Waals surface area contributed by atoms with E-state index < -0.39 is 0 Å². The quantitative estimate of drug-likeness (QED) is 0.266. The fraction of sp³-hybridized carbons (Fsp3) is 0.793. The standard InChI is InChI=1S/C29H44O2/c1-19(17-30)16-21(23-20(2)10-9-12-25(23,3)4)28-14-15-29(18-28)24(27(28,7)8)22(31)11-13-26(29,5)6/h16-17,21,24H,9-15,18H2,1-8H3. The Labute approximate surface area is 190 Å². The normalized spacial score (nSPS) is 39.4. The van der Waals surface area contributed by atoms with E-state index in [1.807, 2.05) is 6.92 Å². The van der Waals surface area contributed by atoms with Crippen molar-refractivity contribution in [1.82, 2.24) is 0 Å². The van der Waals surface area contributed by atoms with Crippen LogP contribution in [0.25, 0.3) is 0 Å². The van der Waals surface area contributed by atoms with Gasteiger partial charge in [0.05, 0.1) is 0 Å². The Morgan fingerprint density at radius 1 is 1.00 bits per heavy atom. The highest BCUT2D eigenvalue weighted by Gasteiger charge is 2.77. The minimum atomic E-state index is -0.0643. The molecule has 172 valence electrons. The summed E-state index contributed by atoms with van der Waals surface area (Å²) in [6.07, 6.45) is 12.2. The van der Waals surface area contributed by atoms with Crippen molar-refractivity contribution in [2.45, 2.75) is 107 Å². The van der Waals surface area contributed by atoms with Crippen LogP contribution in [0.3, 0.4) is 0 Å². The lowest BCUT2D eigenvalue weighted by atomic mass is 9.46. The molecule has 0 amide bonds. The molecule has 3 saturated carbocycles. The van der Waals surface area contributed by atoms with Crippen molar-refractivity contribution in [3.05, 3.63) is 22.8 Å². The Hall–Kier alpha value is -1.18. The van der Waals surface area contributed by atoms with Crippen LogP contribution in [0.1, 0.15) is 107 Å². The number of hydrogen-bond donors (Lipinski definition) is 0. The summed E-state index contributed by atoms with van der Waals surface area (Å²) >= 11 is 0. The average molecular weight is 425 g/mol. The lowest BCUT2D eigenvalue weighted by Crippen LogP contribution is -2.54. The Balaban J connectivity index is 1.96. The Bertz CT molecular complexity index is 867. The van der Waals surface area contributed by atoms with E-state index in [4.69, 9.17) is 0 Å². The summed E-state index contributed by atoms with van der Waals surface area (Å²) < 4.78 is 0. The fourth-order valence-electron chi connectivity index (χ4n) is 9.28. The van der Waals surface area contributed by atoms with Crippen LogP contribution in [0.2, 0.25) is 0 Å². The van der Waals surface area contributed by atoms with Crippen LogP contribution < -0.4 is 0 Å². The van der Waals surface area contributed by atoms with Gasteiger partial charge in [-0.1, -0.05) is 58.8 Å². The Morgan fingerprint density at radius 3 is 2.26 bits per heavy atom. The summed E-state index contributed by atoms with van der Waals surface area (Å²) in [6.45, 7) is 18.8. The molecule has 0 aromatic rings. The van der Waals surface area contributed by atoms with Crippen LogP contribution in [0.15, 0.2) is 22.8 Å². The van der Waals surface area contributed by atoms with Crippen molar-refractivity contribution in [3.8, 4) is 0 Å². The number of fused-ring (bicyclic) bond motifs is 1. The fourth-order valence-corrected chi connectivity index (χ4v) is 9.28. The highest BCUT2D eigenvalue weighted by Crippen LogP contribution is 2.82. The molecule has 4 aliphatic carbocycles. The SMILES string of the molecule is CC(C=O)=CC(C1=C(C)CCCC1(C)C)C12CCC3(C1)C(C(=O)CCC3(C)C)C2(C)C. The van der Waals surface area contributed by atoms with Crippen molar-refractivity contribution in [3.63, 3.8) is 0 Å². The topological polar surface area (TPSA) is 34.1 Å². The van der Waals surface area contributed by atoms with Crippen LogP contribution in [0.5, 0.6) is 0 Å². The van der Waals surface area contributed by atoms with Gasteiger partial charge in [-0.15, -0.1) is 0 Å². The lowest BCUT2D eigenvalue weighted by Gasteiger charge is -2.57. The zero-order valence-electron chi connectivity index (χ0n) is 21.3. The Morgan fingerprint density at radius 2 is 1.68 bits per heavy atom. The van der Waals surface area contributed by atoms with Gasteiger partial charge in [0.2, 0.25) is 0 Å². The smallest absolute Gasteiger partial charge is 0.145 e. The molecule has 4 unspecified atom stereocenters. The van der Waals surface area contributed by atoms with Gasteiger partial charge in [-0.25, -0.2) is 0 Å². The molecule has 0 aliphatic heterocycles. The van der Waals surface area contributed by atoms with E-state index in [2.05, 4.69) is 54.5 Å². The molecule has 0 aromatic carbocycles. The van der Waals surface area contributed by atoms with Gasteiger partial charge in [0.15, 0.2) is 0 Å². The van der Waals surface area contributed by atoms with Gasteiger partial charge >= 0.3 is 0 Å². The predicted octanol–water partition coefficient (Wildman–Crippen LogP) is 7.48. The summed E-state index contributed by atoms with van der Waals surface area (Å²) in [5.41, 5.74) is 4.38. The maximum absolute atomic E-state index is 13.5. The van der Waals surface area contributed by atoms with Crippen LogP contribution in [0, 0.1) is 38.9 Å². The van der Waals surface area contributed by atoms with Crippen LogP contribution >= 0.6 is 0 Å². The molecule has 4 atom stereocenters. The van der Waals surface area contributed by atoms with E-state index in [-0.39, 0.29) is 38.9 Å². The second kappa shape index (κ2) is 6.91. The molecule has 4 aliphatic rings. The van der Waals surface area contributed by atoms with Crippen LogP contribution in [0.4, 0.5) is 0 Å². The molecule has 0 aromatic heterocycles. The number of allylic oxidation sites excluding steroid dienone is 4. The molecular weight excluding hydrogens is 380 g/mol. The zero-order valence-corrected chi connectivity index (χ0v) is 21.3. The van der Waals surface area contributed by atoms with Crippen molar-refractivity contribution in [1.29, 1.82) is 0 Å². The average Bonchev–Trinajstić information content (AvgIpc) is 3.15. The third-order valence-electron chi connectivity index (χ3n) is 10.9. The second-order valence-electron chi connectivity index (χ2n) is 13.4. The highest BCUT2D eigenvalue weighted by atomic mass is 16.1. The number of rotatable bonds is 4. The van der Waals surface area contributed by atoms with Gasteiger partial charge in [-0.2, -0.15) is 0 Å². The number of carbonyl (C=O) groups is 2. The van der Waals surface area contributed by atoms with Crippen molar-refractivity contribution >= 4 is 12.1 Å². The molecule has 4 rings (SSSR count). The maximum atomic E-state index is 13.5. The molecule has 3 fully saturated rings. The van der Waals surface area contributed by atoms with Gasteiger partial charge in [0, 0.05) is 18.3 Å². The summed E-state index contributed by atoms with van der Waals surface area (Å²) in [5, 5.41) is 0. The molecule has 2 heteroatoms. The van der Waals surface area contributed by atoms with E-state index >= 15 is 0 Å². The molecule has 31 heavy (non-hydrogen) atoms. The molecule has 0 heterocycles. The summed E-state index contributed by atoms with van der Waals surface area (Å²) in [5.74, 6) is 0.906. The minimum Gasteiger partial charge on any atom is -0.299 e. The molecule has 0 N–H and O–H groups in total. The lowest BCUT2D eigenvalue weighted by molar-refractivity contribution is -0.149. The van der Waals surface area contributed by atoms with Gasteiger partial charge in [0.25, 0.3) is 0 Å². The van der Waals surface area contributed by atoms with Crippen LogP contribution in [-0.4, -0.2) is 12.1 Å². The maximum Gasteiger partial charge on any atom is 0.145 e. The predicted molar refractivity (Wildman–Crippen MR) is 128 cm³/mol. The Kier molecular flexibility index (Phi) is 5.12. The zero-order chi connectivity index (χ0) is 23.0. The van der Waals surface area contributed by atoms with Crippen LogP contribution in [-0.2, 0) is 9.59 Å². The number of carbonyl (C=O) groups excluding carboxylic acids is 2. The first-order chi connectivity index (χ1) is 14.3. The first-order valence-corrected chi connectivity index (χ1v) is 12.6. The van der Waals surface area contributed by atoms with E-state index in [0.717, 1.165) is 37.5 Å². The molecule has 0 radical (unpaired) electrons. The second-order valence-corrected chi connectivity index (χ2v) is 13.4. The van der Waals surface area contributed by atoms with E-state index in [1.165, 1.54) is 31.3 Å². The van der Waals surface area contributed by atoms with Crippen molar-refractivity contribution in [2.75, 3.05) is 0 Å². The van der Waals surface area contributed by atoms with Crippen molar-refractivity contribution < 1.29 is 9.59 Å². The van der Waals surface area contributed by atoms with E-state index in [1.54, 1.807) is 5.57 Å². The number of Topliss-reactive ketones (excluding diaryl/α,β-unsaturated/α-hetero) is 1. The van der Waals surface area contributed by atoms with Gasteiger partial charge in [-0.3, -0.25) is 9.59 Å². The third kappa shape index (κ3) is 2.88. The van der Waals surface area contributed by atoms with Gasteiger partial charge in [-0.05, 0) is 91.4 Å². The summed E-state index contributed by atoms with van der Waals surface area (Å²) in [4.78, 5) is 25.3. The highest BCUT2D eigenvalue weighted by molar-refractivity contribution is 5.85. The summed E-state index contributed by atoms with van der Waals surface area (Å²) in [6, 6.07) is 0. The third-order valence-corrected chi connectivity index (χ3v) is 10.9. The van der Waals surface area contributed by atoms with Crippen molar-refractivity contribution in [2.24, 2.45) is 38.9 Å². The monoisotopic (exact) mass is 424 g/mol. The molecular formula is C29H44O2. The summed E-state index contributed by atoms with van der Waals surface area (Å²) in [7, 11) is 0. The molecule has 2 nitrogen and oxygen atoms in total. The molecule has 0 saturated heterocycles. The number of ketones is 1. The first-order valence-electron chi connectivity index (χ1n) is 12.6. The van der Waals surface area contributed by atoms with Gasteiger partial charge in [0.1, 0.15) is 12.1 Å².